The molecule has 1 fully saturated rings. The van der Waals surface area contributed by atoms with Gasteiger partial charge in [-0.05, 0) is 6.92 Å². The van der Waals surface area contributed by atoms with Crippen LogP contribution in [-0.2, 0) is 9.53 Å². The molecule has 0 aliphatic carbocycles. The molecule has 1 rings (SSSR count). The van der Waals surface area contributed by atoms with Gasteiger partial charge in [0.05, 0.1) is 0 Å². The van der Waals surface area contributed by atoms with Gasteiger partial charge in [-0.25, -0.2) is 0 Å². The van der Waals surface area contributed by atoms with Gasteiger partial charge in [-0.3, -0.25) is 4.79 Å². The molecule has 2 atom stereocenters. The Morgan fingerprint density at radius 3 is 2.90 bits per heavy atom. The van der Waals surface area contributed by atoms with Crippen LogP contribution in [0, 0.1) is 0 Å². The molecule has 10 heavy (non-hydrogen) atoms. The number of allylic oxidation sites excluding steroid dienone is 1. The van der Waals surface area contributed by atoms with Crippen molar-refractivity contribution in [2.45, 2.75) is 19.1 Å². The molecule has 2 unspecified atom stereocenters. The Hall–Kier alpha value is -0.830. The highest BCUT2D eigenvalue weighted by molar-refractivity contribution is 5.83. The maximum absolute atomic E-state index is 10.8. The van der Waals surface area contributed by atoms with Crippen molar-refractivity contribution in [3.63, 3.8) is 0 Å². The molecule has 3 nitrogen and oxygen atoms in total. The Bertz CT molecular complexity index is 165. The maximum atomic E-state index is 10.8. The van der Waals surface area contributed by atoms with Crippen LogP contribution in [0.4, 0.5) is 0 Å². The van der Waals surface area contributed by atoms with Gasteiger partial charge in [0.1, 0.15) is 6.10 Å². The molecule has 0 spiro atoms. The van der Waals surface area contributed by atoms with Gasteiger partial charge < -0.3 is 10.1 Å². The van der Waals surface area contributed by atoms with Crippen LogP contribution in [0.3, 0.4) is 0 Å². The summed E-state index contributed by atoms with van der Waals surface area (Å²) in [7, 11) is 1.61. The van der Waals surface area contributed by atoms with E-state index in [0.717, 1.165) is 0 Å². The largest absolute Gasteiger partial charge is 0.357 e. The third kappa shape index (κ3) is 1.36. The molecular weight excluding hydrogens is 130 g/mol. The summed E-state index contributed by atoms with van der Waals surface area (Å²) in [5.74, 6) is -0.0388. The highest BCUT2D eigenvalue weighted by atomic mass is 16.6. The van der Waals surface area contributed by atoms with Crippen LogP contribution < -0.4 is 5.32 Å². The van der Waals surface area contributed by atoms with E-state index in [1.807, 2.05) is 19.1 Å². The fourth-order valence-corrected chi connectivity index (χ4v) is 0.813. The second-order valence-electron chi connectivity index (χ2n) is 2.16. The number of epoxide rings is 1. The smallest absolute Gasteiger partial charge is 0.251 e. The number of hydrogen-bond acceptors (Lipinski definition) is 2. The number of nitrogens with one attached hydrogen (secondary N) is 1. The summed E-state index contributed by atoms with van der Waals surface area (Å²) in [6.45, 7) is 1.91. The Morgan fingerprint density at radius 2 is 2.40 bits per heavy atom. The zero-order chi connectivity index (χ0) is 7.56. The number of ether oxygens (including phenoxy) is 1. The lowest BCUT2D eigenvalue weighted by Gasteiger charge is -1.88. The Labute approximate surface area is 60.1 Å². The molecule has 3 heteroatoms. The van der Waals surface area contributed by atoms with E-state index in [4.69, 9.17) is 4.74 Å². The number of rotatable bonds is 2. The number of carbonyl (C=O) groups is 1. The number of amides is 1. The van der Waals surface area contributed by atoms with Crippen LogP contribution in [0.1, 0.15) is 6.92 Å². The summed E-state index contributed by atoms with van der Waals surface area (Å²) in [6.07, 6.45) is 3.54. The SMILES string of the molecule is CC=CC1OC1C(=O)NC. The molecule has 0 aromatic heterocycles. The van der Waals surface area contributed by atoms with Crippen molar-refractivity contribution >= 4 is 5.91 Å². The Kier molecular flexibility index (Phi) is 2.06. The van der Waals surface area contributed by atoms with Crippen molar-refractivity contribution in [2.75, 3.05) is 7.05 Å². The minimum Gasteiger partial charge on any atom is -0.357 e. The van der Waals surface area contributed by atoms with Crippen molar-refractivity contribution in [2.24, 2.45) is 0 Å². The topological polar surface area (TPSA) is 41.6 Å². The lowest BCUT2D eigenvalue weighted by molar-refractivity contribution is -0.121. The normalized spacial score (nSPS) is 30.6. The molecular formula is C7H11NO2. The molecule has 1 N–H and O–H groups in total. The summed E-state index contributed by atoms with van der Waals surface area (Å²) in [5, 5.41) is 2.52. The lowest BCUT2D eigenvalue weighted by Crippen LogP contribution is -2.24. The summed E-state index contributed by atoms with van der Waals surface area (Å²) in [5.41, 5.74) is 0. The van der Waals surface area contributed by atoms with Gasteiger partial charge in [-0.15, -0.1) is 0 Å². The number of carbonyl (C=O) groups excluding carboxylic acids is 1. The number of hydrogen-bond donors (Lipinski definition) is 1. The van der Waals surface area contributed by atoms with Crippen molar-refractivity contribution in [3.8, 4) is 0 Å². The van der Waals surface area contributed by atoms with E-state index in [0.29, 0.717) is 0 Å². The molecule has 1 heterocycles. The minimum absolute atomic E-state index is 0.0185. The summed E-state index contributed by atoms with van der Waals surface area (Å²) in [6, 6.07) is 0. The molecule has 1 amide bonds. The maximum Gasteiger partial charge on any atom is 0.251 e. The summed E-state index contributed by atoms with van der Waals surface area (Å²) < 4.78 is 5.01. The first-order chi connectivity index (χ1) is 4.79. The van der Waals surface area contributed by atoms with Gasteiger partial charge in [0.2, 0.25) is 0 Å². The molecule has 1 aliphatic rings. The van der Waals surface area contributed by atoms with Crippen LogP contribution in [-0.4, -0.2) is 25.2 Å². The zero-order valence-corrected chi connectivity index (χ0v) is 6.13. The van der Waals surface area contributed by atoms with Crippen LogP contribution >= 0.6 is 0 Å². The highest BCUT2D eigenvalue weighted by Crippen LogP contribution is 2.22. The number of likely N-dealkylation sites (N-methyl/N-ethyl adjacent to an activating group) is 1. The molecule has 0 aromatic rings. The van der Waals surface area contributed by atoms with Gasteiger partial charge in [0.25, 0.3) is 5.91 Å². The monoisotopic (exact) mass is 141 g/mol. The molecule has 1 saturated heterocycles. The molecule has 56 valence electrons. The van der Waals surface area contributed by atoms with Crippen LogP contribution in [0.5, 0.6) is 0 Å². The van der Waals surface area contributed by atoms with Crippen molar-refractivity contribution in [3.05, 3.63) is 12.2 Å². The third-order valence-electron chi connectivity index (χ3n) is 1.41. The van der Waals surface area contributed by atoms with E-state index in [1.54, 1.807) is 7.05 Å². The van der Waals surface area contributed by atoms with Gasteiger partial charge in [0, 0.05) is 7.05 Å². The average molecular weight is 141 g/mol. The molecule has 0 saturated carbocycles. The molecule has 0 aromatic carbocycles. The molecule has 1 aliphatic heterocycles. The second kappa shape index (κ2) is 2.84. The minimum atomic E-state index is -0.235. The summed E-state index contributed by atoms with van der Waals surface area (Å²) in [4.78, 5) is 10.8. The van der Waals surface area contributed by atoms with Crippen LogP contribution in [0.2, 0.25) is 0 Å². The Balaban J connectivity index is 2.31. The average Bonchev–Trinajstić information content (AvgIpc) is 2.67. The predicted octanol–water partition coefficient (Wildman–Crippen LogP) is 0.0759. The first-order valence-corrected chi connectivity index (χ1v) is 3.29. The quantitative estimate of drug-likeness (QED) is 0.437. The lowest BCUT2D eigenvalue weighted by atomic mass is 10.3. The van der Waals surface area contributed by atoms with E-state index in [-0.39, 0.29) is 18.1 Å². The first-order valence-electron chi connectivity index (χ1n) is 3.29. The van der Waals surface area contributed by atoms with Crippen LogP contribution in [0.25, 0.3) is 0 Å². The van der Waals surface area contributed by atoms with Gasteiger partial charge in [-0.1, -0.05) is 12.2 Å². The van der Waals surface area contributed by atoms with Gasteiger partial charge in [0.15, 0.2) is 6.10 Å². The first kappa shape index (κ1) is 7.28. The zero-order valence-electron chi connectivity index (χ0n) is 6.13. The standard InChI is InChI=1S/C7H11NO2/c1-3-4-5-6(10-5)7(9)8-2/h3-6H,1-2H3,(H,8,9). The second-order valence-corrected chi connectivity index (χ2v) is 2.16. The molecule has 0 radical (unpaired) electrons. The van der Waals surface area contributed by atoms with E-state index in [1.165, 1.54) is 0 Å². The van der Waals surface area contributed by atoms with Crippen molar-refractivity contribution in [1.29, 1.82) is 0 Å². The van der Waals surface area contributed by atoms with Crippen LogP contribution in [0.15, 0.2) is 12.2 Å². The highest BCUT2D eigenvalue weighted by Gasteiger charge is 2.42. The van der Waals surface area contributed by atoms with Crippen molar-refractivity contribution in [1.82, 2.24) is 5.32 Å². The molecule has 0 bridgehead atoms. The predicted molar refractivity (Wildman–Crippen MR) is 37.5 cm³/mol. The fourth-order valence-electron chi connectivity index (χ4n) is 0.813. The Morgan fingerprint density at radius 1 is 1.70 bits per heavy atom. The summed E-state index contributed by atoms with van der Waals surface area (Å²) >= 11 is 0. The third-order valence-corrected chi connectivity index (χ3v) is 1.41. The van der Waals surface area contributed by atoms with E-state index < -0.39 is 0 Å². The van der Waals surface area contributed by atoms with Crippen molar-refractivity contribution < 1.29 is 9.53 Å². The van der Waals surface area contributed by atoms with Gasteiger partial charge >= 0.3 is 0 Å². The van der Waals surface area contributed by atoms with Gasteiger partial charge in [-0.2, -0.15) is 0 Å². The van der Waals surface area contributed by atoms with E-state index in [9.17, 15) is 4.79 Å². The van der Waals surface area contributed by atoms with E-state index in [2.05, 4.69) is 5.32 Å². The van der Waals surface area contributed by atoms with E-state index >= 15 is 0 Å². The fraction of sp³-hybridized carbons (Fsp3) is 0.571.